The number of likely N-dealkylation sites (tertiary alicyclic amines) is 1. The van der Waals surface area contributed by atoms with E-state index in [1.807, 2.05) is 34.9 Å². The molecule has 1 aromatic rings. The van der Waals surface area contributed by atoms with Gasteiger partial charge in [-0.15, -0.1) is 0 Å². The lowest BCUT2D eigenvalue weighted by molar-refractivity contribution is 0.123. The Hall–Kier alpha value is -1.82. The van der Waals surface area contributed by atoms with Gasteiger partial charge in [0.05, 0.1) is 6.54 Å². The summed E-state index contributed by atoms with van der Waals surface area (Å²) in [5, 5.41) is 0. The Balaban J connectivity index is 1.52. The van der Waals surface area contributed by atoms with Crippen LogP contribution in [0.2, 0.25) is 0 Å². The predicted molar refractivity (Wildman–Crippen MR) is 84.0 cm³/mol. The molecule has 6 heteroatoms. The van der Waals surface area contributed by atoms with Crippen LogP contribution in [0.4, 0.5) is 4.79 Å². The van der Waals surface area contributed by atoms with E-state index in [0.717, 1.165) is 44.8 Å². The molecule has 0 unspecified atom stereocenters. The summed E-state index contributed by atoms with van der Waals surface area (Å²) in [4.78, 5) is 23.0. The Morgan fingerprint density at radius 2 is 1.95 bits per heavy atom. The van der Waals surface area contributed by atoms with Crippen LogP contribution in [0, 0.1) is 6.92 Å². The van der Waals surface area contributed by atoms with Crippen molar-refractivity contribution in [2.45, 2.75) is 19.4 Å². The van der Waals surface area contributed by atoms with Crippen molar-refractivity contribution in [2.75, 3.05) is 46.3 Å². The van der Waals surface area contributed by atoms with Gasteiger partial charge < -0.3 is 19.4 Å². The summed E-state index contributed by atoms with van der Waals surface area (Å²) in [5.74, 6) is 0.652. The van der Waals surface area contributed by atoms with E-state index in [-0.39, 0.29) is 12.1 Å². The normalized spacial score (nSPS) is 22.9. The number of aromatic nitrogens is 1. The smallest absolute Gasteiger partial charge is 0.320 e. The summed E-state index contributed by atoms with van der Waals surface area (Å²) in [6.07, 6.45) is 0.917. The molecule has 0 spiro atoms. The quantitative estimate of drug-likeness (QED) is 0.824. The van der Waals surface area contributed by atoms with Crippen LogP contribution in [-0.2, 0) is 0 Å². The first kappa shape index (κ1) is 15.1. The highest BCUT2D eigenvalue weighted by molar-refractivity contribution is 5.75. The van der Waals surface area contributed by atoms with E-state index in [9.17, 15) is 4.79 Å². The van der Waals surface area contributed by atoms with E-state index < -0.39 is 0 Å². The molecular formula is C16H24N4O2. The van der Waals surface area contributed by atoms with Gasteiger partial charge in [0.25, 0.3) is 0 Å². The van der Waals surface area contributed by atoms with Crippen molar-refractivity contribution in [2.24, 2.45) is 0 Å². The number of likely N-dealkylation sites (N-methyl/N-ethyl adjacent to an activating group) is 1. The van der Waals surface area contributed by atoms with Crippen molar-refractivity contribution >= 4 is 6.03 Å². The molecule has 2 fully saturated rings. The minimum Gasteiger partial charge on any atom is -0.472 e. The summed E-state index contributed by atoms with van der Waals surface area (Å²) in [6, 6.07) is 5.92. The van der Waals surface area contributed by atoms with Crippen LogP contribution in [0.1, 0.15) is 12.1 Å². The third kappa shape index (κ3) is 3.50. The van der Waals surface area contributed by atoms with E-state index in [0.29, 0.717) is 12.4 Å². The molecule has 0 aromatic carbocycles. The van der Waals surface area contributed by atoms with Gasteiger partial charge in [-0.1, -0.05) is 6.07 Å². The molecule has 1 atom stereocenters. The average Bonchev–Trinajstić information content (AvgIpc) is 2.96. The highest BCUT2D eigenvalue weighted by Crippen LogP contribution is 2.18. The summed E-state index contributed by atoms with van der Waals surface area (Å²) < 4.78 is 5.91. The van der Waals surface area contributed by atoms with Gasteiger partial charge in [0.2, 0.25) is 5.88 Å². The zero-order chi connectivity index (χ0) is 15.5. The minimum atomic E-state index is 0.0470. The summed E-state index contributed by atoms with van der Waals surface area (Å²) in [6.45, 7) is 6.90. The van der Waals surface area contributed by atoms with Gasteiger partial charge in [0.15, 0.2) is 0 Å². The third-order valence-electron chi connectivity index (χ3n) is 4.34. The molecule has 0 aliphatic carbocycles. The monoisotopic (exact) mass is 304 g/mol. The van der Waals surface area contributed by atoms with Crippen LogP contribution in [0.5, 0.6) is 5.88 Å². The average molecular weight is 304 g/mol. The summed E-state index contributed by atoms with van der Waals surface area (Å²) in [5.41, 5.74) is 0.945. The maximum atomic E-state index is 12.5. The minimum absolute atomic E-state index is 0.0470. The van der Waals surface area contributed by atoms with E-state index >= 15 is 0 Å². The molecule has 3 heterocycles. The van der Waals surface area contributed by atoms with Crippen LogP contribution < -0.4 is 4.74 Å². The van der Waals surface area contributed by atoms with Gasteiger partial charge in [-0.05, 0) is 20.0 Å². The molecule has 0 N–H and O–H groups in total. The van der Waals surface area contributed by atoms with Crippen molar-refractivity contribution in [1.82, 2.24) is 19.7 Å². The number of piperazine rings is 1. The van der Waals surface area contributed by atoms with Crippen molar-refractivity contribution in [1.29, 1.82) is 0 Å². The number of carbonyl (C=O) groups is 1. The van der Waals surface area contributed by atoms with Crippen LogP contribution >= 0.6 is 0 Å². The molecule has 0 radical (unpaired) electrons. The highest BCUT2D eigenvalue weighted by Gasteiger charge is 2.31. The lowest BCUT2D eigenvalue weighted by Gasteiger charge is -2.34. The van der Waals surface area contributed by atoms with Gasteiger partial charge >= 0.3 is 6.03 Å². The molecule has 2 saturated heterocycles. The topological polar surface area (TPSA) is 48.9 Å². The number of hydrogen-bond acceptors (Lipinski definition) is 4. The fourth-order valence-electron chi connectivity index (χ4n) is 2.95. The second-order valence-corrected chi connectivity index (χ2v) is 6.16. The fourth-order valence-corrected chi connectivity index (χ4v) is 2.95. The number of hydrogen-bond donors (Lipinski definition) is 0. The molecule has 2 amide bonds. The number of carbonyl (C=O) groups excluding carboxylic acids is 1. The fraction of sp³-hybridized carbons (Fsp3) is 0.625. The Morgan fingerprint density at radius 1 is 1.18 bits per heavy atom. The van der Waals surface area contributed by atoms with E-state index in [1.165, 1.54) is 0 Å². The van der Waals surface area contributed by atoms with Gasteiger partial charge in [-0.3, -0.25) is 0 Å². The van der Waals surface area contributed by atoms with Crippen molar-refractivity contribution < 1.29 is 9.53 Å². The van der Waals surface area contributed by atoms with Gasteiger partial charge in [0.1, 0.15) is 6.10 Å². The molecule has 6 nitrogen and oxygen atoms in total. The Bertz CT molecular complexity index is 529. The molecule has 2 aliphatic rings. The molecule has 0 saturated carbocycles. The van der Waals surface area contributed by atoms with Crippen molar-refractivity contribution in [3.05, 3.63) is 23.9 Å². The molecule has 3 rings (SSSR count). The second kappa shape index (κ2) is 6.52. The van der Waals surface area contributed by atoms with Crippen LogP contribution in [-0.4, -0.2) is 78.1 Å². The number of rotatable bonds is 2. The summed E-state index contributed by atoms with van der Waals surface area (Å²) in [7, 11) is 2.09. The first-order valence-electron chi connectivity index (χ1n) is 7.94. The van der Waals surface area contributed by atoms with Gasteiger partial charge in [-0.25, -0.2) is 9.78 Å². The van der Waals surface area contributed by atoms with Crippen LogP contribution in [0.3, 0.4) is 0 Å². The molecule has 120 valence electrons. The largest absolute Gasteiger partial charge is 0.472 e. The standard InChI is InChI=1S/C16H24N4O2/c1-13-4-3-5-15(17-13)22-14-6-7-20(12-14)16(21)19-10-8-18(2)9-11-19/h3-5,14H,6-12H2,1-2H3/t14-/m1/s1. The second-order valence-electron chi connectivity index (χ2n) is 6.16. The zero-order valence-corrected chi connectivity index (χ0v) is 13.4. The van der Waals surface area contributed by atoms with E-state index in [4.69, 9.17) is 4.74 Å². The van der Waals surface area contributed by atoms with Crippen LogP contribution in [0.15, 0.2) is 18.2 Å². The third-order valence-corrected chi connectivity index (χ3v) is 4.34. The lowest BCUT2D eigenvalue weighted by atomic mass is 10.3. The lowest BCUT2D eigenvalue weighted by Crippen LogP contribution is -2.51. The zero-order valence-electron chi connectivity index (χ0n) is 13.4. The number of urea groups is 1. The number of nitrogens with zero attached hydrogens (tertiary/aromatic N) is 4. The van der Waals surface area contributed by atoms with Crippen molar-refractivity contribution in [3.63, 3.8) is 0 Å². The Morgan fingerprint density at radius 3 is 2.68 bits per heavy atom. The number of aryl methyl sites for hydroxylation is 1. The Labute approximate surface area is 131 Å². The van der Waals surface area contributed by atoms with Gasteiger partial charge in [-0.2, -0.15) is 0 Å². The van der Waals surface area contributed by atoms with E-state index in [2.05, 4.69) is 16.9 Å². The molecular weight excluding hydrogens is 280 g/mol. The maximum absolute atomic E-state index is 12.5. The Kier molecular flexibility index (Phi) is 4.47. The first-order valence-corrected chi connectivity index (χ1v) is 7.94. The van der Waals surface area contributed by atoms with Crippen molar-refractivity contribution in [3.8, 4) is 5.88 Å². The highest BCUT2D eigenvalue weighted by atomic mass is 16.5. The molecule has 2 aliphatic heterocycles. The number of amides is 2. The SMILES string of the molecule is Cc1cccc(O[C@@H]2CCN(C(=O)N3CCN(C)CC3)C2)n1. The van der Waals surface area contributed by atoms with E-state index in [1.54, 1.807) is 0 Å². The molecule has 1 aromatic heterocycles. The number of ether oxygens (including phenoxy) is 1. The molecule has 22 heavy (non-hydrogen) atoms. The first-order chi connectivity index (χ1) is 10.6. The predicted octanol–water partition coefficient (Wildman–Crippen LogP) is 1.21. The number of pyridine rings is 1. The maximum Gasteiger partial charge on any atom is 0.320 e. The van der Waals surface area contributed by atoms with Crippen LogP contribution in [0.25, 0.3) is 0 Å². The van der Waals surface area contributed by atoms with Gasteiger partial charge in [0, 0.05) is 50.9 Å². The molecule has 0 bridgehead atoms. The summed E-state index contributed by atoms with van der Waals surface area (Å²) >= 11 is 0.